The van der Waals surface area contributed by atoms with Gasteiger partial charge in [0.15, 0.2) is 0 Å². The van der Waals surface area contributed by atoms with Gasteiger partial charge in [0.2, 0.25) is 0 Å². The summed E-state index contributed by atoms with van der Waals surface area (Å²) in [6.07, 6.45) is 3.85. The highest BCUT2D eigenvalue weighted by atomic mass is 32.2. The lowest BCUT2D eigenvalue weighted by atomic mass is 9.82. The van der Waals surface area contributed by atoms with Crippen LogP contribution in [0.1, 0.15) is 30.2 Å². The van der Waals surface area contributed by atoms with Crippen molar-refractivity contribution in [2.24, 2.45) is 0 Å². The zero-order valence-electron chi connectivity index (χ0n) is 9.08. The van der Waals surface area contributed by atoms with E-state index in [0.717, 1.165) is 0 Å². The number of hydrogen-bond acceptors (Lipinski definition) is 3. The van der Waals surface area contributed by atoms with Gasteiger partial charge in [-0.2, -0.15) is 11.8 Å². The van der Waals surface area contributed by atoms with Gasteiger partial charge in [-0.1, -0.05) is 0 Å². The molecule has 0 unspecified atom stereocenters. The second-order valence-electron chi connectivity index (χ2n) is 4.72. The Morgan fingerprint density at radius 3 is 3.00 bits per heavy atom. The van der Waals surface area contributed by atoms with Crippen LogP contribution >= 0.6 is 23.1 Å². The van der Waals surface area contributed by atoms with E-state index in [0.29, 0.717) is 11.6 Å². The largest absolute Gasteiger partial charge is 0.304 e. The van der Waals surface area contributed by atoms with Crippen molar-refractivity contribution in [2.45, 2.75) is 37.8 Å². The Hall–Kier alpha value is 0.01000. The SMILES string of the molecule is C[C@H]1Cc2ccsc2C2(CCSCC2)N1. The summed E-state index contributed by atoms with van der Waals surface area (Å²) in [5.74, 6) is 2.63. The molecule has 2 aliphatic heterocycles. The van der Waals surface area contributed by atoms with E-state index in [9.17, 15) is 0 Å². The lowest BCUT2D eigenvalue weighted by Crippen LogP contribution is -2.52. The molecule has 1 atom stereocenters. The Labute approximate surface area is 99.7 Å². The predicted molar refractivity (Wildman–Crippen MR) is 68.9 cm³/mol. The van der Waals surface area contributed by atoms with Gasteiger partial charge in [-0.05, 0) is 54.7 Å². The molecule has 0 bridgehead atoms. The normalized spacial score (nSPS) is 29.0. The number of thiophene rings is 1. The van der Waals surface area contributed by atoms with E-state index in [-0.39, 0.29) is 0 Å². The van der Waals surface area contributed by atoms with Crippen molar-refractivity contribution in [2.75, 3.05) is 11.5 Å². The summed E-state index contributed by atoms with van der Waals surface area (Å²) in [4.78, 5) is 1.64. The Morgan fingerprint density at radius 2 is 2.20 bits per heavy atom. The molecule has 0 amide bonds. The smallest absolute Gasteiger partial charge is 0.0549 e. The second kappa shape index (κ2) is 3.79. The van der Waals surface area contributed by atoms with Crippen molar-refractivity contribution in [3.63, 3.8) is 0 Å². The standard InChI is InChI=1S/C12H17NS2/c1-9-8-10-2-5-15-11(10)12(13-9)3-6-14-7-4-12/h2,5,9,13H,3-4,6-8H2,1H3/t9-/m0/s1. The average molecular weight is 239 g/mol. The van der Waals surface area contributed by atoms with Crippen LogP contribution in [0.2, 0.25) is 0 Å². The fourth-order valence-corrected chi connectivity index (χ4v) is 5.28. The number of thioether (sulfide) groups is 1. The third-order valence-electron chi connectivity index (χ3n) is 3.58. The van der Waals surface area contributed by atoms with Gasteiger partial charge in [-0.3, -0.25) is 0 Å². The van der Waals surface area contributed by atoms with E-state index in [1.54, 1.807) is 10.4 Å². The van der Waals surface area contributed by atoms with Crippen molar-refractivity contribution in [1.29, 1.82) is 0 Å². The quantitative estimate of drug-likeness (QED) is 0.747. The maximum atomic E-state index is 3.87. The molecule has 1 N–H and O–H groups in total. The van der Waals surface area contributed by atoms with Crippen LogP contribution in [0, 0.1) is 0 Å². The van der Waals surface area contributed by atoms with Gasteiger partial charge in [0.25, 0.3) is 0 Å². The molecule has 15 heavy (non-hydrogen) atoms. The monoisotopic (exact) mass is 239 g/mol. The Balaban J connectivity index is 2.02. The topological polar surface area (TPSA) is 12.0 Å². The molecule has 1 saturated heterocycles. The van der Waals surface area contributed by atoms with Crippen molar-refractivity contribution in [3.05, 3.63) is 21.9 Å². The van der Waals surface area contributed by atoms with Gasteiger partial charge in [-0.15, -0.1) is 11.3 Å². The van der Waals surface area contributed by atoms with E-state index in [2.05, 4.69) is 35.4 Å². The zero-order chi connectivity index (χ0) is 10.3. The van der Waals surface area contributed by atoms with E-state index in [1.807, 2.05) is 11.3 Å². The first-order valence-electron chi connectivity index (χ1n) is 5.72. The highest BCUT2D eigenvalue weighted by Gasteiger charge is 2.40. The van der Waals surface area contributed by atoms with E-state index in [4.69, 9.17) is 0 Å². The van der Waals surface area contributed by atoms with Crippen LogP contribution < -0.4 is 5.32 Å². The molecule has 3 heteroatoms. The highest BCUT2D eigenvalue weighted by molar-refractivity contribution is 7.99. The zero-order valence-corrected chi connectivity index (χ0v) is 10.7. The van der Waals surface area contributed by atoms with Crippen molar-refractivity contribution in [3.8, 4) is 0 Å². The molecule has 1 fully saturated rings. The first kappa shape index (κ1) is 10.2. The molecule has 1 aromatic heterocycles. The summed E-state index contributed by atoms with van der Waals surface area (Å²) in [6, 6.07) is 2.98. The molecule has 1 spiro atoms. The predicted octanol–water partition coefficient (Wildman–Crippen LogP) is 3.00. The van der Waals surface area contributed by atoms with Crippen LogP contribution in [-0.4, -0.2) is 17.5 Å². The molecule has 3 rings (SSSR count). The summed E-state index contributed by atoms with van der Waals surface area (Å²) in [7, 11) is 0. The van der Waals surface area contributed by atoms with Crippen LogP contribution in [0.4, 0.5) is 0 Å². The molecule has 0 saturated carbocycles. The third kappa shape index (κ3) is 1.65. The summed E-state index contributed by atoms with van der Waals surface area (Å²) in [5.41, 5.74) is 1.95. The maximum Gasteiger partial charge on any atom is 0.0549 e. The van der Waals surface area contributed by atoms with Gasteiger partial charge >= 0.3 is 0 Å². The molecule has 82 valence electrons. The van der Waals surface area contributed by atoms with Crippen LogP contribution in [0.25, 0.3) is 0 Å². The first-order chi connectivity index (χ1) is 7.30. The molecular weight excluding hydrogens is 222 g/mol. The second-order valence-corrected chi connectivity index (χ2v) is 6.86. The molecule has 0 radical (unpaired) electrons. The number of rotatable bonds is 0. The third-order valence-corrected chi connectivity index (χ3v) is 5.72. The van der Waals surface area contributed by atoms with Crippen molar-refractivity contribution < 1.29 is 0 Å². The number of nitrogens with one attached hydrogen (secondary N) is 1. The van der Waals surface area contributed by atoms with E-state index < -0.39 is 0 Å². The molecule has 2 aliphatic rings. The number of hydrogen-bond donors (Lipinski definition) is 1. The Kier molecular flexibility index (Phi) is 2.57. The van der Waals surface area contributed by atoms with Gasteiger partial charge in [0, 0.05) is 10.9 Å². The van der Waals surface area contributed by atoms with Gasteiger partial charge in [0.05, 0.1) is 5.54 Å². The maximum absolute atomic E-state index is 3.87. The summed E-state index contributed by atoms with van der Waals surface area (Å²) in [6.45, 7) is 2.32. The molecule has 0 aromatic carbocycles. The highest BCUT2D eigenvalue weighted by Crippen LogP contribution is 2.43. The molecular formula is C12H17NS2. The van der Waals surface area contributed by atoms with Gasteiger partial charge < -0.3 is 5.32 Å². The molecule has 1 aromatic rings. The first-order valence-corrected chi connectivity index (χ1v) is 7.76. The number of fused-ring (bicyclic) bond motifs is 2. The molecule has 1 nitrogen and oxygen atoms in total. The van der Waals surface area contributed by atoms with E-state index >= 15 is 0 Å². The van der Waals surface area contributed by atoms with Crippen molar-refractivity contribution >= 4 is 23.1 Å². The van der Waals surface area contributed by atoms with Crippen LogP contribution in [0.3, 0.4) is 0 Å². The lowest BCUT2D eigenvalue weighted by molar-refractivity contribution is 0.259. The van der Waals surface area contributed by atoms with Crippen molar-refractivity contribution in [1.82, 2.24) is 5.32 Å². The Morgan fingerprint density at radius 1 is 1.40 bits per heavy atom. The molecule has 0 aliphatic carbocycles. The van der Waals surface area contributed by atoms with Gasteiger partial charge in [-0.25, -0.2) is 0 Å². The van der Waals surface area contributed by atoms with Crippen LogP contribution in [0.15, 0.2) is 11.4 Å². The summed E-state index contributed by atoms with van der Waals surface area (Å²) < 4.78 is 0. The fourth-order valence-electron chi connectivity index (χ4n) is 2.93. The molecule has 3 heterocycles. The van der Waals surface area contributed by atoms with Crippen LogP contribution in [-0.2, 0) is 12.0 Å². The van der Waals surface area contributed by atoms with Crippen LogP contribution in [0.5, 0.6) is 0 Å². The Bertz CT molecular complexity index is 352. The average Bonchev–Trinajstić information content (AvgIpc) is 2.67. The summed E-state index contributed by atoms with van der Waals surface area (Å²) >= 11 is 4.07. The minimum Gasteiger partial charge on any atom is -0.304 e. The fraction of sp³-hybridized carbons (Fsp3) is 0.667. The van der Waals surface area contributed by atoms with E-state index in [1.165, 1.54) is 30.8 Å². The minimum absolute atomic E-state index is 0.340. The lowest BCUT2D eigenvalue weighted by Gasteiger charge is -2.43. The van der Waals surface area contributed by atoms with Gasteiger partial charge in [0.1, 0.15) is 0 Å². The minimum atomic E-state index is 0.340. The summed E-state index contributed by atoms with van der Waals surface area (Å²) in [5, 5.41) is 6.14.